The zero-order chi connectivity index (χ0) is 13.2. The second kappa shape index (κ2) is 5.33. The van der Waals surface area contributed by atoms with Crippen LogP contribution in [0, 0.1) is 11.6 Å². The van der Waals surface area contributed by atoms with Gasteiger partial charge in [0, 0.05) is 12.6 Å². The number of hydrogen-bond acceptors (Lipinski definition) is 2. The Labute approximate surface area is 106 Å². The van der Waals surface area contributed by atoms with E-state index in [0.717, 1.165) is 13.0 Å². The summed E-state index contributed by atoms with van der Waals surface area (Å²) in [5.41, 5.74) is -0.840. The zero-order valence-corrected chi connectivity index (χ0v) is 10.8. The average Bonchev–Trinajstić information content (AvgIpc) is 2.28. The summed E-state index contributed by atoms with van der Waals surface area (Å²) in [5.74, 6) is -1.07. The molecule has 2 nitrogen and oxygen atoms in total. The maximum atomic E-state index is 13.9. The summed E-state index contributed by atoms with van der Waals surface area (Å²) in [5, 5.41) is 3.32. The van der Waals surface area contributed by atoms with Gasteiger partial charge in [-0.1, -0.05) is 13.0 Å². The van der Waals surface area contributed by atoms with Crippen molar-refractivity contribution in [1.29, 1.82) is 0 Å². The predicted octanol–water partition coefficient (Wildman–Crippen LogP) is 2.97. The summed E-state index contributed by atoms with van der Waals surface area (Å²) in [6.07, 6.45) is 1.46. The molecule has 1 N–H and O–H groups in total. The van der Waals surface area contributed by atoms with Crippen molar-refractivity contribution in [3.63, 3.8) is 0 Å². The first-order chi connectivity index (χ1) is 8.57. The van der Waals surface area contributed by atoms with Gasteiger partial charge < -0.3 is 10.1 Å². The Morgan fingerprint density at radius 1 is 1.39 bits per heavy atom. The van der Waals surface area contributed by atoms with Gasteiger partial charge in [0.2, 0.25) is 0 Å². The van der Waals surface area contributed by atoms with E-state index in [9.17, 15) is 8.78 Å². The van der Waals surface area contributed by atoms with Gasteiger partial charge in [-0.3, -0.25) is 0 Å². The maximum Gasteiger partial charge on any atom is 0.132 e. The van der Waals surface area contributed by atoms with Crippen LogP contribution < -0.4 is 5.32 Å². The molecule has 2 rings (SSSR count). The predicted molar refractivity (Wildman–Crippen MR) is 66.4 cm³/mol. The van der Waals surface area contributed by atoms with Gasteiger partial charge in [0.15, 0.2) is 0 Å². The highest BCUT2D eigenvalue weighted by Crippen LogP contribution is 2.37. The summed E-state index contributed by atoms with van der Waals surface area (Å²) >= 11 is 0. The zero-order valence-electron chi connectivity index (χ0n) is 10.8. The molecule has 0 aromatic heterocycles. The van der Waals surface area contributed by atoms with Crippen molar-refractivity contribution in [1.82, 2.24) is 5.32 Å². The van der Waals surface area contributed by atoms with E-state index in [0.29, 0.717) is 13.0 Å². The minimum absolute atomic E-state index is 0.0487. The standard InChI is InChI=1S/C14H19F2NO/c1-3-17-10-7-8-18-14(2,9-10)13-11(15)5-4-6-12(13)16/h4-6,10,17H,3,7-9H2,1-2H3. The molecule has 18 heavy (non-hydrogen) atoms. The third-order valence-corrected chi connectivity index (χ3v) is 3.51. The third kappa shape index (κ3) is 2.54. The summed E-state index contributed by atoms with van der Waals surface area (Å²) in [4.78, 5) is 0. The van der Waals surface area contributed by atoms with E-state index in [4.69, 9.17) is 4.74 Å². The third-order valence-electron chi connectivity index (χ3n) is 3.51. The maximum absolute atomic E-state index is 13.9. The Bertz CT molecular complexity index is 402. The highest BCUT2D eigenvalue weighted by molar-refractivity contribution is 5.26. The average molecular weight is 255 g/mol. The highest BCUT2D eigenvalue weighted by atomic mass is 19.1. The van der Waals surface area contributed by atoms with Crippen molar-refractivity contribution >= 4 is 0 Å². The van der Waals surface area contributed by atoms with Crippen LogP contribution in [-0.4, -0.2) is 19.2 Å². The van der Waals surface area contributed by atoms with Crippen LogP contribution >= 0.6 is 0 Å². The molecule has 100 valence electrons. The van der Waals surface area contributed by atoms with Gasteiger partial charge in [-0.25, -0.2) is 8.78 Å². The topological polar surface area (TPSA) is 21.3 Å². The quantitative estimate of drug-likeness (QED) is 0.896. The fourth-order valence-electron chi connectivity index (χ4n) is 2.70. The number of benzene rings is 1. The van der Waals surface area contributed by atoms with Crippen LogP contribution in [0.25, 0.3) is 0 Å². The molecule has 0 bridgehead atoms. The fourth-order valence-corrected chi connectivity index (χ4v) is 2.70. The summed E-state index contributed by atoms with van der Waals surface area (Å²) < 4.78 is 33.4. The lowest BCUT2D eigenvalue weighted by Crippen LogP contribution is -2.44. The Balaban J connectivity index is 2.30. The Kier molecular flexibility index (Phi) is 3.97. The smallest absolute Gasteiger partial charge is 0.132 e. The van der Waals surface area contributed by atoms with Crippen molar-refractivity contribution in [2.24, 2.45) is 0 Å². The molecule has 1 saturated heterocycles. The van der Waals surface area contributed by atoms with Crippen LogP contribution in [0.2, 0.25) is 0 Å². The van der Waals surface area contributed by atoms with Gasteiger partial charge in [0.05, 0.1) is 11.2 Å². The SMILES string of the molecule is CCNC1CCOC(C)(c2c(F)cccc2F)C1. The minimum atomic E-state index is -0.888. The van der Waals surface area contributed by atoms with Gasteiger partial charge >= 0.3 is 0 Å². The van der Waals surface area contributed by atoms with E-state index in [1.807, 2.05) is 6.92 Å². The lowest BCUT2D eigenvalue weighted by Gasteiger charge is -2.39. The van der Waals surface area contributed by atoms with Gasteiger partial charge in [-0.15, -0.1) is 0 Å². The van der Waals surface area contributed by atoms with Gasteiger partial charge in [-0.2, -0.15) is 0 Å². The lowest BCUT2D eigenvalue weighted by molar-refractivity contribution is -0.0850. The van der Waals surface area contributed by atoms with Crippen molar-refractivity contribution in [2.45, 2.75) is 38.3 Å². The van der Waals surface area contributed by atoms with Crippen molar-refractivity contribution in [3.8, 4) is 0 Å². The molecule has 1 fully saturated rings. The van der Waals surface area contributed by atoms with Crippen molar-refractivity contribution in [3.05, 3.63) is 35.4 Å². The minimum Gasteiger partial charge on any atom is -0.370 e. The number of ether oxygens (including phenoxy) is 1. The van der Waals surface area contributed by atoms with E-state index in [1.165, 1.54) is 18.2 Å². The van der Waals surface area contributed by atoms with E-state index < -0.39 is 17.2 Å². The van der Waals surface area contributed by atoms with E-state index in [1.54, 1.807) is 6.92 Å². The molecule has 4 heteroatoms. The molecule has 0 aliphatic carbocycles. The van der Waals surface area contributed by atoms with E-state index >= 15 is 0 Å². The number of hydrogen-bond donors (Lipinski definition) is 1. The molecule has 1 aromatic carbocycles. The van der Waals surface area contributed by atoms with Crippen LogP contribution in [0.15, 0.2) is 18.2 Å². The molecule has 2 atom stereocenters. The number of halogens is 2. The first kappa shape index (κ1) is 13.4. The molecule has 0 amide bonds. The van der Waals surface area contributed by atoms with Crippen LogP contribution in [0.4, 0.5) is 8.78 Å². The molecule has 0 spiro atoms. The Morgan fingerprint density at radius 3 is 2.67 bits per heavy atom. The number of nitrogens with one attached hydrogen (secondary N) is 1. The van der Waals surface area contributed by atoms with Gasteiger partial charge in [0.25, 0.3) is 0 Å². The Hall–Kier alpha value is -1.00. The first-order valence-corrected chi connectivity index (χ1v) is 6.38. The highest BCUT2D eigenvalue weighted by Gasteiger charge is 2.38. The molecule has 1 aliphatic rings. The van der Waals surface area contributed by atoms with Gasteiger partial charge in [0.1, 0.15) is 11.6 Å². The summed E-state index contributed by atoms with van der Waals surface area (Å²) in [6.45, 7) is 5.15. The molecule has 1 heterocycles. The summed E-state index contributed by atoms with van der Waals surface area (Å²) in [7, 11) is 0. The van der Waals surface area contributed by atoms with Crippen LogP contribution in [-0.2, 0) is 10.3 Å². The molecule has 0 radical (unpaired) electrons. The van der Waals surface area contributed by atoms with Gasteiger partial charge in [-0.05, 0) is 38.4 Å². The second-order valence-corrected chi connectivity index (χ2v) is 4.92. The molecular formula is C14H19F2NO. The summed E-state index contributed by atoms with van der Waals surface area (Å²) in [6, 6.07) is 4.18. The monoisotopic (exact) mass is 255 g/mol. The van der Waals surface area contributed by atoms with E-state index in [-0.39, 0.29) is 11.6 Å². The van der Waals surface area contributed by atoms with Crippen LogP contribution in [0.3, 0.4) is 0 Å². The normalized spacial score (nSPS) is 28.3. The van der Waals surface area contributed by atoms with Crippen molar-refractivity contribution < 1.29 is 13.5 Å². The molecule has 1 aromatic rings. The van der Waals surface area contributed by atoms with Crippen LogP contribution in [0.5, 0.6) is 0 Å². The first-order valence-electron chi connectivity index (χ1n) is 6.38. The Morgan fingerprint density at radius 2 is 2.06 bits per heavy atom. The lowest BCUT2D eigenvalue weighted by atomic mass is 9.85. The molecule has 0 saturated carbocycles. The molecular weight excluding hydrogens is 236 g/mol. The molecule has 1 aliphatic heterocycles. The van der Waals surface area contributed by atoms with Crippen molar-refractivity contribution in [2.75, 3.05) is 13.2 Å². The van der Waals surface area contributed by atoms with Crippen LogP contribution in [0.1, 0.15) is 32.3 Å². The fraction of sp³-hybridized carbons (Fsp3) is 0.571. The molecule has 2 unspecified atom stereocenters. The number of rotatable bonds is 3. The van der Waals surface area contributed by atoms with E-state index in [2.05, 4.69) is 5.32 Å². The second-order valence-electron chi connectivity index (χ2n) is 4.92. The largest absolute Gasteiger partial charge is 0.370 e.